The molecule has 1 aromatic carbocycles. The Bertz CT molecular complexity index is 498. The zero-order valence-corrected chi connectivity index (χ0v) is 11.4. The molecule has 1 aliphatic heterocycles. The number of aryl methyl sites for hydroxylation is 1. The van der Waals surface area contributed by atoms with Gasteiger partial charge in [-0.2, -0.15) is 0 Å². The van der Waals surface area contributed by atoms with Crippen LogP contribution in [0.5, 0.6) is 0 Å². The Labute approximate surface area is 114 Å². The van der Waals surface area contributed by atoms with Gasteiger partial charge in [-0.1, -0.05) is 12.1 Å². The van der Waals surface area contributed by atoms with Crippen molar-refractivity contribution in [3.05, 3.63) is 29.8 Å². The van der Waals surface area contributed by atoms with Gasteiger partial charge in [-0.25, -0.2) is 0 Å². The molecular formula is C15H21N3O. The van der Waals surface area contributed by atoms with E-state index in [0.29, 0.717) is 6.04 Å². The van der Waals surface area contributed by atoms with E-state index >= 15 is 0 Å². The third-order valence-electron chi connectivity index (χ3n) is 4.24. The number of nitrogens with two attached hydrogens (primary N) is 1. The van der Waals surface area contributed by atoms with Crippen molar-refractivity contribution in [1.29, 1.82) is 0 Å². The molecule has 1 amide bonds. The standard InChI is InChI=1S/C15H21N3O/c1-11-3-2-4-12(9-11)17-15(14(16)19)7-8-18(10-15)13-5-6-13/h2-4,9,13,17H,5-8,10H2,1H3,(H2,16,19). The molecule has 102 valence electrons. The zero-order valence-electron chi connectivity index (χ0n) is 11.4. The highest BCUT2D eigenvalue weighted by Crippen LogP contribution is 2.35. The molecule has 1 aliphatic carbocycles. The van der Waals surface area contributed by atoms with E-state index in [9.17, 15) is 4.79 Å². The molecule has 1 atom stereocenters. The zero-order chi connectivity index (χ0) is 13.5. The summed E-state index contributed by atoms with van der Waals surface area (Å²) in [7, 11) is 0. The predicted octanol–water partition coefficient (Wildman–Crippen LogP) is 1.50. The number of hydrogen-bond acceptors (Lipinski definition) is 3. The van der Waals surface area contributed by atoms with Gasteiger partial charge in [0.2, 0.25) is 5.91 Å². The number of primary amides is 1. The van der Waals surface area contributed by atoms with Gasteiger partial charge in [-0.15, -0.1) is 0 Å². The largest absolute Gasteiger partial charge is 0.370 e. The van der Waals surface area contributed by atoms with Gasteiger partial charge in [0.15, 0.2) is 0 Å². The van der Waals surface area contributed by atoms with E-state index in [-0.39, 0.29) is 5.91 Å². The molecule has 2 fully saturated rings. The van der Waals surface area contributed by atoms with Gasteiger partial charge in [0.1, 0.15) is 5.54 Å². The molecule has 1 aromatic rings. The van der Waals surface area contributed by atoms with E-state index in [1.165, 1.54) is 18.4 Å². The van der Waals surface area contributed by atoms with Crippen molar-refractivity contribution in [2.24, 2.45) is 5.73 Å². The van der Waals surface area contributed by atoms with Gasteiger partial charge in [-0.3, -0.25) is 9.69 Å². The summed E-state index contributed by atoms with van der Waals surface area (Å²) in [4.78, 5) is 14.3. The quantitative estimate of drug-likeness (QED) is 0.861. The Morgan fingerprint density at radius 3 is 2.89 bits per heavy atom. The minimum Gasteiger partial charge on any atom is -0.370 e. The van der Waals surface area contributed by atoms with E-state index in [1.54, 1.807) is 0 Å². The van der Waals surface area contributed by atoms with E-state index < -0.39 is 5.54 Å². The second kappa shape index (κ2) is 4.53. The maximum absolute atomic E-state index is 11.9. The van der Waals surface area contributed by atoms with Crippen molar-refractivity contribution in [3.8, 4) is 0 Å². The number of anilines is 1. The molecule has 1 unspecified atom stereocenters. The van der Waals surface area contributed by atoms with E-state index in [0.717, 1.165) is 25.2 Å². The number of amides is 1. The Kier molecular flexibility index (Phi) is 2.97. The normalized spacial score (nSPS) is 27.4. The molecule has 1 saturated heterocycles. The number of benzene rings is 1. The Balaban J connectivity index is 1.79. The average molecular weight is 259 g/mol. The summed E-state index contributed by atoms with van der Waals surface area (Å²) < 4.78 is 0. The molecule has 3 rings (SSSR count). The number of rotatable bonds is 4. The molecule has 0 aromatic heterocycles. The first-order chi connectivity index (χ1) is 9.09. The van der Waals surface area contributed by atoms with E-state index in [4.69, 9.17) is 5.73 Å². The third kappa shape index (κ3) is 2.45. The van der Waals surface area contributed by atoms with Gasteiger partial charge in [-0.05, 0) is 43.9 Å². The summed E-state index contributed by atoms with van der Waals surface area (Å²) in [6, 6.07) is 8.79. The Hall–Kier alpha value is -1.55. The first-order valence-electron chi connectivity index (χ1n) is 6.98. The van der Waals surface area contributed by atoms with Crippen LogP contribution in [0.2, 0.25) is 0 Å². The molecule has 4 nitrogen and oxygen atoms in total. The van der Waals surface area contributed by atoms with Crippen LogP contribution in [-0.4, -0.2) is 35.5 Å². The molecule has 1 heterocycles. The van der Waals surface area contributed by atoms with Crippen LogP contribution in [0.1, 0.15) is 24.8 Å². The number of carbonyl (C=O) groups excluding carboxylic acids is 1. The van der Waals surface area contributed by atoms with Gasteiger partial charge in [0.25, 0.3) is 0 Å². The summed E-state index contributed by atoms with van der Waals surface area (Å²) in [6.07, 6.45) is 3.32. The van der Waals surface area contributed by atoms with Crippen LogP contribution >= 0.6 is 0 Å². The van der Waals surface area contributed by atoms with Gasteiger partial charge in [0, 0.05) is 24.8 Å². The fourth-order valence-electron chi connectivity index (χ4n) is 2.95. The Morgan fingerprint density at radius 1 is 1.47 bits per heavy atom. The van der Waals surface area contributed by atoms with Crippen LogP contribution in [0.4, 0.5) is 5.69 Å². The second-order valence-electron chi connectivity index (χ2n) is 5.89. The molecule has 3 N–H and O–H groups in total. The smallest absolute Gasteiger partial charge is 0.244 e. The van der Waals surface area contributed by atoms with Crippen molar-refractivity contribution in [1.82, 2.24) is 4.90 Å². The number of hydrogen-bond donors (Lipinski definition) is 2. The lowest BCUT2D eigenvalue weighted by Crippen LogP contribution is -2.52. The summed E-state index contributed by atoms with van der Waals surface area (Å²) in [5.74, 6) is -0.239. The van der Waals surface area contributed by atoms with Crippen LogP contribution in [0.15, 0.2) is 24.3 Å². The minimum atomic E-state index is -0.601. The Morgan fingerprint density at radius 2 is 2.26 bits per heavy atom. The fourth-order valence-corrected chi connectivity index (χ4v) is 2.95. The van der Waals surface area contributed by atoms with Crippen LogP contribution in [0.25, 0.3) is 0 Å². The second-order valence-corrected chi connectivity index (χ2v) is 5.89. The van der Waals surface area contributed by atoms with Crippen molar-refractivity contribution < 1.29 is 4.79 Å². The first kappa shape index (κ1) is 12.5. The van der Waals surface area contributed by atoms with Crippen molar-refractivity contribution in [2.75, 3.05) is 18.4 Å². The molecule has 19 heavy (non-hydrogen) atoms. The topological polar surface area (TPSA) is 58.4 Å². The van der Waals surface area contributed by atoms with E-state index in [1.807, 2.05) is 25.1 Å². The van der Waals surface area contributed by atoms with Crippen LogP contribution in [0.3, 0.4) is 0 Å². The minimum absolute atomic E-state index is 0.239. The first-order valence-corrected chi connectivity index (χ1v) is 6.98. The fraction of sp³-hybridized carbons (Fsp3) is 0.533. The van der Waals surface area contributed by atoms with Gasteiger partial charge in [0.05, 0.1) is 0 Å². The highest BCUT2D eigenvalue weighted by molar-refractivity contribution is 5.88. The molecule has 0 radical (unpaired) electrons. The summed E-state index contributed by atoms with van der Waals surface area (Å²) in [5.41, 5.74) is 7.24. The van der Waals surface area contributed by atoms with Crippen molar-refractivity contribution in [2.45, 2.75) is 37.8 Å². The lowest BCUT2D eigenvalue weighted by atomic mass is 9.97. The molecule has 1 saturated carbocycles. The molecule has 4 heteroatoms. The molecule has 0 spiro atoms. The summed E-state index contributed by atoms with van der Waals surface area (Å²) in [6.45, 7) is 3.75. The number of nitrogens with one attached hydrogen (secondary N) is 1. The highest BCUT2D eigenvalue weighted by Gasteiger charge is 2.47. The monoisotopic (exact) mass is 259 g/mol. The van der Waals surface area contributed by atoms with Crippen LogP contribution in [-0.2, 0) is 4.79 Å². The highest BCUT2D eigenvalue weighted by atomic mass is 16.1. The number of nitrogens with zero attached hydrogens (tertiary/aromatic N) is 1. The van der Waals surface area contributed by atoms with Gasteiger partial charge < -0.3 is 11.1 Å². The number of likely N-dealkylation sites (tertiary alicyclic amines) is 1. The van der Waals surface area contributed by atoms with Crippen molar-refractivity contribution in [3.63, 3.8) is 0 Å². The average Bonchev–Trinajstić information content (AvgIpc) is 3.12. The molecule has 0 bridgehead atoms. The lowest BCUT2D eigenvalue weighted by molar-refractivity contribution is -0.121. The maximum atomic E-state index is 11.9. The van der Waals surface area contributed by atoms with Crippen LogP contribution < -0.4 is 11.1 Å². The lowest BCUT2D eigenvalue weighted by Gasteiger charge is -2.28. The number of carbonyl (C=O) groups is 1. The molecular weight excluding hydrogens is 238 g/mol. The SMILES string of the molecule is Cc1cccc(NC2(C(N)=O)CCN(C3CC3)C2)c1. The van der Waals surface area contributed by atoms with E-state index in [2.05, 4.69) is 16.3 Å². The summed E-state index contributed by atoms with van der Waals surface area (Å²) >= 11 is 0. The van der Waals surface area contributed by atoms with Crippen molar-refractivity contribution >= 4 is 11.6 Å². The summed E-state index contributed by atoms with van der Waals surface area (Å²) in [5, 5.41) is 3.39. The van der Waals surface area contributed by atoms with Gasteiger partial charge >= 0.3 is 0 Å². The molecule has 2 aliphatic rings. The van der Waals surface area contributed by atoms with Crippen LogP contribution in [0, 0.1) is 6.92 Å². The predicted molar refractivity (Wildman–Crippen MR) is 75.9 cm³/mol. The maximum Gasteiger partial charge on any atom is 0.244 e. The third-order valence-corrected chi connectivity index (χ3v) is 4.24.